The SMILES string of the molecule is CC(O)C1CCCC(C(F)F)C1. The van der Waals surface area contributed by atoms with Gasteiger partial charge in [0.25, 0.3) is 0 Å². The molecular weight excluding hydrogens is 162 g/mol. The number of hydrogen-bond donors (Lipinski definition) is 1. The van der Waals surface area contributed by atoms with Gasteiger partial charge < -0.3 is 5.11 Å². The number of aliphatic hydroxyl groups is 1. The molecule has 1 rings (SSSR count). The van der Waals surface area contributed by atoms with E-state index in [1.54, 1.807) is 6.92 Å². The highest BCUT2D eigenvalue weighted by molar-refractivity contribution is 4.77. The van der Waals surface area contributed by atoms with Crippen molar-refractivity contribution in [2.24, 2.45) is 11.8 Å². The van der Waals surface area contributed by atoms with Gasteiger partial charge in [0, 0.05) is 5.92 Å². The molecule has 1 N–H and O–H groups in total. The van der Waals surface area contributed by atoms with Gasteiger partial charge in [0.2, 0.25) is 6.43 Å². The van der Waals surface area contributed by atoms with Gasteiger partial charge in [0.1, 0.15) is 0 Å². The normalized spacial score (nSPS) is 33.8. The molecule has 12 heavy (non-hydrogen) atoms. The molecule has 3 unspecified atom stereocenters. The maximum atomic E-state index is 12.3. The first-order valence-corrected chi connectivity index (χ1v) is 4.57. The fraction of sp³-hybridized carbons (Fsp3) is 1.00. The van der Waals surface area contributed by atoms with E-state index in [1.165, 1.54) is 0 Å². The quantitative estimate of drug-likeness (QED) is 0.688. The first kappa shape index (κ1) is 9.90. The number of alkyl halides is 2. The highest BCUT2D eigenvalue weighted by Gasteiger charge is 2.30. The lowest BCUT2D eigenvalue weighted by Crippen LogP contribution is -2.27. The van der Waals surface area contributed by atoms with E-state index in [1.807, 2.05) is 0 Å². The van der Waals surface area contributed by atoms with Crippen LogP contribution < -0.4 is 0 Å². The third kappa shape index (κ3) is 2.41. The Labute approximate surface area is 71.8 Å². The van der Waals surface area contributed by atoms with Crippen molar-refractivity contribution in [2.75, 3.05) is 0 Å². The topological polar surface area (TPSA) is 20.2 Å². The lowest BCUT2D eigenvalue weighted by molar-refractivity contribution is 0.0126. The summed E-state index contributed by atoms with van der Waals surface area (Å²) in [6.07, 6.45) is 0.236. The molecule has 0 heterocycles. The molecule has 3 heteroatoms. The minimum Gasteiger partial charge on any atom is -0.393 e. The molecule has 1 fully saturated rings. The predicted molar refractivity (Wildman–Crippen MR) is 43.1 cm³/mol. The van der Waals surface area contributed by atoms with Crippen LogP contribution in [0.4, 0.5) is 8.78 Å². The highest BCUT2D eigenvalue weighted by Crippen LogP contribution is 2.34. The summed E-state index contributed by atoms with van der Waals surface area (Å²) in [5.41, 5.74) is 0. The van der Waals surface area contributed by atoms with Gasteiger partial charge in [-0.3, -0.25) is 0 Å². The Morgan fingerprint density at radius 1 is 1.25 bits per heavy atom. The van der Waals surface area contributed by atoms with E-state index in [9.17, 15) is 13.9 Å². The Balaban J connectivity index is 2.40. The molecule has 0 spiro atoms. The van der Waals surface area contributed by atoms with Gasteiger partial charge >= 0.3 is 0 Å². The van der Waals surface area contributed by atoms with E-state index in [0.29, 0.717) is 12.8 Å². The molecule has 3 atom stereocenters. The highest BCUT2D eigenvalue weighted by atomic mass is 19.3. The minimum absolute atomic E-state index is 0.0951. The van der Waals surface area contributed by atoms with Crippen molar-refractivity contribution in [3.05, 3.63) is 0 Å². The third-order valence-electron chi connectivity index (χ3n) is 2.79. The molecule has 0 aromatic carbocycles. The molecule has 1 aliphatic carbocycles. The van der Waals surface area contributed by atoms with Crippen LogP contribution in [-0.4, -0.2) is 17.6 Å². The first-order chi connectivity index (χ1) is 5.61. The van der Waals surface area contributed by atoms with E-state index >= 15 is 0 Å². The smallest absolute Gasteiger partial charge is 0.241 e. The molecule has 0 bridgehead atoms. The zero-order valence-corrected chi connectivity index (χ0v) is 7.34. The molecule has 1 nitrogen and oxygen atoms in total. The van der Waals surface area contributed by atoms with Gasteiger partial charge in [-0.1, -0.05) is 6.42 Å². The number of halogens is 2. The largest absolute Gasteiger partial charge is 0.393 e. The van der Waals surface area contributed by atoms with Crippen molar-refractivity contribution in [1.29, 1.82) is 0 Å². The summed E-state index contributed by atoms with van der Waals surface area (Å²) in [5.74, 6) is -0.379. The Hall–Kier alpha value is -0.180. The van der Waals surface area contributed by atoms with Crippen LogP contribution in [0.5, 0.6) is 0 Å². The standard InChI is InChI=1S/C9H16F2O/c1-6(12)7-3-2-4-8(5-7)9(10)11/h6-9,12H,2-5H2,1H3. The van der Waals surface area contributed by atoms with Crippen LogP contribution in [0, 0.1) is 11.8 Å². The van der Waals surface area contributed by atoms with E-state index in [0.717, 1.165) is 12.8 Å². The van der Waals surface area contributed by atoms with Crippen LogP contribution in [0.15, 0.2) is 0 Å². The maximum Gasteiger partial charge on any atom is 0.241 e. The van der Waals surface area contributed by atoms with Crippen LogP contribution in [-0.2, 0) is 0 Å². The van der Waals surface area contributed by atoms with Crippen molar-refractivity contribution in [3.8, 4) is 0 Å². The van der Waals surface area contributed by atoms with Crippen LogP contribution >= 0.6 is 0 Å². The Morgan fingerprint density at radius 2 is 1.83 bits per heavy atom. The molecular formula is C9H16F2O. The number of aliphatic hydroxyl groups excluding tert-OH is 1. The van der Waals surface area contributed by atoms with Crippen LogP contribution in [0.2, 0.25) is 0 Å². The average molecular weight is 178 g/mol. The lowest BCUT2D eigenvalue weighted by atomic mass is 9.79. The second kappa shape index (κ2) is 4.17. The first-order valence-electron chi connectivity index (χ1n) is 4.57. The van der Waals surface area contributed by atoms with E-state index < -0.39 is 18.4 Å². The average Bonchev–Trinajstić information content (AvgIpc) is 2.04. The van der Waals surface area contributed by atoms with Crippen LogP contribution in [0.1, 0.15) is 32.6 Å². The van der Waals surface area contributed by atoms with Gasteiger partial charge in [0.15, 0.2) is 0 Å². The Morgan fingerprint density at radius 3 is 2.33 bits per heavy atom. The molecule has 0 radical (unpaired) electrons. The van der Waals surface area contributed by atoms with Gasteiger partial charge in [-0.15, -0.1) is 0 Å². The molecule has 0 aliphatic heterocycles. The second-order valence-corrected chi connectivity index (χ2v) is 3.76. The molecule has 0 aromatic rings. The monoisotopic (exact) mass is 178 g/mol. The zero-order chi connectivity index (χ0) is 9.14. The van der Waals surface area contributed by atoms with Crippen molar-refractivity contribution < 1.29 is 13.9 Å². The summed E-state index contributed by atoms with van der Waals surface area (Å²) < 4.78 is 24.6. The third-order valence-corrected chi connectivity index (χ3v) is 2.79. The molecule has 0 amide bonds. The molecule has 72 valence electrons. The van der Waals surface area contributed by atoms with Crippen molar-refractivity contribution in [1.82, 2.24) is 0 Å². The summed E-state index contributed by atoms with van der Waals surface area (Å²) >= 11 is 0. The predicted octanol–water partition coefficient (Wildman–Crippen LogP) is 2.44. The fourth-order valence-corrected chi connectivity index (χ4v) is 1.93. The van der Waals surface area contributed by atoms with Gasteiger partial charge in [0.05, 0.1) is 6.10 Å². The molecule has 1 saturated carbocycles. The summed E-state index contributed by atoms with van der Waals surface area (Å²) in [5, 5.41) is 9.23. The fourth-order valence-electron chi connectivity index (χ4n) is 1.93. The molecule has 0 aromatic heterocycles. The van der Waals surface area contributed by atoms with E-state index in [2.05, 4.69) is 0 Å². The van der Waals surface area contributed by atoms with Crippen LogP contribution in [0.25, 0.3) is 0 Å². The summed E-state index contributed by atoms with van der Waals surface area (Å²) in [6, 6.07) is 0. The lowest BCUT2D eigenvalue weighted by Gasteiger charge is -2.30. The molecule has 1 aliphatic rings. The minimum atomic E-state index is -2.20. The van der Waals surface area contributed by atoms with Crippen molar-refractivity contribution in [3.63, 3.8) is 0 Å². The van der Waals surface area contributed by atoms with Gasteiger partial charge in [-0.25, -0.2) is 8.78 Å². The van der Waals surface area contributed by atoms with E-state index in [-0.39, 0.29) is 5.92 Å². The van der Waals surface area contributed by atoms with Crippen molar-refractivity contribution >= 4 is 0 Å². The number of rotatable bonds is 2. The summed E-state index contributed by atoms with van der Waals surface area (Å²) in [7, 11) is 0. The van der Waals surface area contributed by atoms with Gasteiger partial charge in [-0.2, -0.15) is 0 Å². The maximum absolute atomic E-state index is 12.3. The number of hydrogen-bond acceptors (Lipinski definition) is 1. The Kier molecular flexibility index (Phi) is 3.44. The van der Waals surface area contributed by atoms with Gasteiger partial charge in [-0.05, 0) is 32.1 Å². The van der Waals surface area contributed by atoms with Crippen molar-refractivity contribution in [2.45, 2.75) is 45.1 Å². The summed E-state index contributed by atoms with van der Waals surface area (Å²) in [4.78, 5) is 0. The van der Waals surface area contributed by atoms with Crippen LogP contribution in [0.3, 0.4) is 0 Å². The molecule has 0 saturated heterocycles. The second-order valence-electron chi connectivity index (χ2n) is 3.76. The zero-order valence-electron chi connectivity index (χ0n) is 7.34. The van der Waals surface area contributed by atoms with E-state index in [4.69, 9.17) is 0 Å². The Bertz CT molecular complexity index is 122. The summed E-state index contributed by atoms with van der Waals surface area (Å²) in [6.45, 7) is 1.69.